The van der Waals surface area contributed by atoms with E-state index in [0.29, 0.717) is 17.7 Å². The van der Waals surface area contributed by atoms with Crippen molar-refractivity contribution in [3.8, 4) is 5.75 Å². The van der Waals surface area contributed by atoms with Crippen LogP contribution in [-0.4, -0.2) is 13.0 Å². The molecule has 1 fully saturated rings. The van der Waals surface area contributed by atoms with E-state index >= 15 is 0 Å². The maximum Gasteiger partial charge on any atom is 0.227 e. The number of ether oxygens (including phenoxy) is 1. The Kier molecular flexibility index (Phi) is 9.35. The maximum atomic E-state index is 12.8. The van der Waals surface area contributed by atoms with Crippen molar-refractivity contribution in [3.05, 3.63) is 53.3 Å². The Labute approximate surface area is 186 Å². The molecule has 0 bridgehead atoms. The standard InChI is InChI=1S/C18H27NO2.C8H10FN/c1-12(2)14-6-8-15(9-7-14)18(20)19-16-10-5-13(3)17(11-16)21-4;1-2-6-7(9)4-3-5-8(6)10/h5,10-12,14-15H,6-9H2,1-4H3,(H,19,20);3-5H,2,10H2,1H3. The van der Waals surface area contributed by atoms with Crippen molar-refractivity contribution in [3.63, 3.8) is 0 Å². The van der Waals surface area contributed by atoms with Crippen molar-refractivity contribution in [1.29, 1.82) is 0 Å². The highest BCUT2D eigenvalue weighted by atomic mass is 19.1. The number of aryl methyl sites for hydroxylation is 1. The fourth-order valence-electron chi connectivity index (χ4n) is 4.14. The second kappa shape index (κ2) is 11.7. The summed E-state index contributed by atoms with van der Waals surface area (Å²) in [7, 11) is 1.65. The number of benzene rings is 2. The van der Waals surface area contributed by atoms with Crippen molar-refractivity contribution >= 4 is 17.3 Å². The quantitative estimate of drug-likeness (QED) is 0.544. The molecule has 0 aliphatic heterocycles. The lowest BCUT2D eigenvalue weighted by molar-refractivity contribution is -0.121. The fourth-order valence-corrected chi connectivity index (χ4v) is 4.14. The van der Waals surface area contributed by atoms with Crippen LogP contribution in [0, 0.1) is 30.5 Å². The predicted octanol–water partition coefficient (Wildman–Crippen LogP) is 6.37. The lowest BCUT2D eigenvalue weighted by Gasteiger charge is -2.30. The van der Waals surface area contributed by atoms with E-state index in [0.717, 1.165) is 41.7 Å². The van der Waals surface area contributed by atoms with Gasteiger partial charge >= 0.3 is 0 Å². The number of halogens is 1. The average molecular weight is 429 g/mol. The topological polar surface area (TPSA) is 64.3 Å². The van der Waals surface area contributed by atoms with Gasteiger partial charge in [0.2, 0.25) is 5.91 Å². The minimum atomic E-state index is -0.206. The molecule has 0 aromatic heterocycles. The van der Waals surface area contributed by atoms with Crippen LogP contribution in [0.5, 0.6) is 5.75 Å². The molecule has 0 atom stereocenters. The molecule has 0 saturated heterocycles. The van der Waals surface area contributed by atoms with E-state index in [1.807, 2.05) is 32.0 Å². The fraction of sp³-hybridized carbons (Fsp3) is 0.500. The number of carbonyl (C=O) groups is 1. The van der Waals surface area contributed by atoms with Crippen LogP contribution in [0.1, 0.15) is 57.6 Å². The van der Waals surface area contributed by atoms with Gasteiger partial charge in [-0.25, -0.2) is 4.39 Å². The zero-order valence-electron chi connectivity index (χ0n) is 19.5. The number of hydrogen-bond acceptors (Lipinski definition) is 3. The van der Waals surface area contributed by atoms with Gasteiger partial charge < -0.3 is 15.8 Å². The van der Waals surface area contributed by atoms with Crippen LogP contribution in [0.4, 0.5) is 15.8 Å². The molecule has 0 heterocycles. The summed E-state index contributed by atoms with van der Waals surface area (Å²) in [6.45, 7) is 8.44. The van der Waals surface area contributed by atoms with Gasteiger partial charge in [0, 0.05) is 28.9 Å². The molecule has 1 saturated carbocycles. The Bertz CT molecular complexity index is 838. The van der Waals surface area contributed by atoms with Gasteiger partial charge in [0.15, 0.2) is 0 Å². The Balaban J connectivity index is 0.000000285. The number of rotatable bonds is 5. The molecule has 4 nitrogen and oxygen atoms in total. The van der Waals surface area contributed by atoms with Gasteiger partial charge in [-0.2, -0.15) is 0 Å². The molecular weight excluding hydrogens is 391 g/mol. The highest BCUT2D eigenvalue weighted by Crippen LogP contribution is 2.34. The van der Waals surface area contributed by atoms with E-state index in [1.54, 1.807) is 19.2 Å². The van der Waals surface area contributed by atoms with Crippen LogP contribution in [0.15, 0.2) is 36.4 Å². The zero-order valence-corrected chi connectivity index (χ0v) is 19.5. The van der Waals surface area contributed by atoms with Crippen molar-refractivity contribution in [2.75, 3.05) is 18.2 Å². The second-order valence-corrected chi connectivity index (χ2v) is 8.69. The largest absolute Gasteiger partial charge is 0.496 e. The Hall–Kier alpha value is -2.56. The molecule has 0 unspecified atom stereocenters. The van der Waals surface area contributed by atoms with E-state index in [9.17, 15) is 9.18 Å². The molecular formula is C26H37FN2O2. The van der Waals surface area contributed by atoms with Gasteiger partial charge in [0.05, 0.1) is 7.11 Å². The first kappa shape index (κ1) is 24.7. The molecule has 5 heteroatoms. The van der Waals surface area contributed by atoms with Crippen molar-refractivity contribution in [1.82, 2.24) is 0 Å². The number of carbonyl (C=O) groups excluding carboxylic acids is 1. The van der Waals surface area contributed by atoms with Crippen molar-refractivity contribution in [2.24, 2.45) is 17.8 Å². The summed E-state index contributed by atoms with van der Waals surface area (Å²) in [5, 5.41) is 3.04. The summed E-state index contributed by atoms with van der Waals surface area (Å²) in [6.07, 6.45) is 5.02. The van der Waals surface area contributed by atoms with Crippen molar-refractivity contribution in [2.45, 2.75) is 59.8 Å². The van der Waals surface area contributed by atoms with Crippen LogP contribution >= 0.6 is 0 Å². The number of hydrogen-bond donors (Lipinski definition) is 2. The van der Waals surface area contributed by atoms with Gasteiger partial charge in [0.25, 0.3) is 0 Å². The number of nitrogens with one attached hydrogen (secondary N) is 1. The smallest absolute Gasteiger partial charge is 0.227 e. The molecule has 1 aliphatic carbocycles. The number of nitrogen functional groups attached to an aromatic ring is 1. The first-order valence-electron chi connectivity index (χ1n) is 11.2. The van der Waals surface area contributed by atoms with Gasteiger partial charge in [-0.05, 0) is 74.6 Å². The van der Waals surface area contributed by atoms with Crippen LogP contribution < -0.4 is 15.8 Å². The van der Waals surface area contributed by atoms with E-state index in [1.165, 1.54) is 18.9 Å². The summed E-state index contributed by atoms with van der Waals surface area (Å²) in [6, 6.07) is 10.6. The van der Waals surface area contributed by atoms with Crippen LogP contribution in [-0.2, 0) is 11.2 Å². The lowest BCUT2D eigenvalue weighted by atomic mass is 9.76. The van der Waals surface area contributed by atoms with Gasteiger partial charge in [0.1, 0.15) is 11.6 Å². The van der Waals surface area contributed by atoms with E-state index in [4.69, 9.17) is 10.5 Å². The van der Waals surface area contributed by atoms with Gasteiger partial charge in [-0.3, -0.25) is 4.79 Å². The summed E-state index contributed by atoms with van der Waals surface area (Å²) in [4.78, 5) is 12.4. The molecule has 1 aliphatic rings. The molecule has 170 valence electrons. The summed E-state index contributed by atoms with van der Waals surface area (Å²) in [5.74, 6) is 2.44. The molecule has 3 rings (SSSR count). The monoisotopic (exact) mass is 428 g/mol. The summed E-state index contributed by atoms with van der Waals surface area (Å²) < 4.78 is 18.1. The third-order valence-electron chi connectivity index (χ3n) is 6.27. The molecule has 2 aromatic carbocycles. The minimum Gasteiger partial charge on any atom is -0.496 e. The maximum absolute atomic E-state index is 12.8. The second-order valence-electron chi connectivity index (χ2n) is 8.69. The highest BCUT2D eigenvalue weighted by molar-refractivity contribution is 5.92. The number of nitrogens with two attached hydrogens (primary N) is 1. The molecule has 2 aromatic rings. The first-order chi connectivity index (χ1) is 14.8. The predicted molar refractivity (Wildman–Crippen MR) is 127 cm³/mol. The lowest BCUT2D eigenvalue weighted by Crippen LogP contribution is -2.28. The van der Waals surface area contributed by atoms with E-state index < -0.39 is 0 Å². The van der Waals surface area contributed by atoms with Crippen LogP contribution in [0.3, 0.4) is 0 Å². The van der Waals surface area contributed by atoms with Crippen molar-refractivity contribution < 1.29 is 13.9 Å². The Morgan fingerprint density at radius 3 is 2.39 bits per heavy atom. The minimum absolute atomic E-state index is 0.156. The Morgan fingerprint density at radius 1 is 1.19 bits per heavy atom. The number of amides is 1. The molecule has 31 heavy (non-hydrogen) atoms. The molecule has 1 amide bonds. The molecule has 3 N–H and O–H groups in total. The molecule has 0 radical (unpaired) electrons. The third-order valence-corrected chi connectivity index (χ3v) is 6.27. The number of methoxy groups -OCH3 is 1. The van der Waals surface area contributed by atoms with Crippen LogP contribution in [0.25, 0.3) is 0 Å². The Morgan fingerprint density at radius 2 is 1.87 bits per heavy atom. The summed E-state index contributed by atoms with van der Waals surface area (Å²) in [5.41, 5.74) is 8.55. The zero-order chi connectivity index (χ0) is 23.0. The third kappa shape index (κ3) is 6.98. The molecule has 0 spiro atoms. The number of anilines is 2. The van der Waals surface area contributed by atoms with Gasteiger partial charge in [-0.1, -0.05) is 32.9 Å². The normalized spacial score (nSPS) is 18.2. The highest BCUT2D eigenvalue weighted by Gasteiger charge is 2.27. The average Bonchev–Trinajstić information content (AvgIpc) is 2.75. The first-order valence-corrected chi connectivity index (χ1v) is 11.2. The SMILES string of the molecule is CCc1c(N)cccc1F.COc1cc(NC(=O)C2CCC(C(C)C)CC2)ccc1C. The van der Waals surface area contributed by atoms with Gasteiger partial charge in [-0.15, -0.1) is 0 Å². The summed E-state index contributed by atoms with van der Waals surface area (Å²) >= 11 is 0. The van der Waals surface area contributed by atoms with E-state index in [-0.39, 0.29) is 17.6 Å². The van der Waals surface area contributed by atoms with E-state index in [2.05, 4.69) is 19.2 Å². The van der Waals surface area contributed by atoms with Crippen LogP contribution in [0.2, 0.25) is 0 Å².